The Kier molecular flexibility index (Phi) is 6.19. The number of nitrogens with zero attached hydrogens (tertiary/aromatic N) is 3. The average Bonchev–Trinajstić information content (AvgIpc) is 3.38. The number of aliphatic hydroxyl groups is 2. The predicted octanol–water partition coefficient (Wildman–Crippen LogP) is 4.04. The van der Waals surface area contributed by atoms with Crippen molar-refractivity contribution in [3.63, 3.8) is 0 Å². The molecule has 0 aliphatic heterocycles. The maximum Gasteiger partial charge on any atom is 0.142 e. The van der Waals surface area contributed by atoms with Gasteiger partial charge in [-0.15, -0.1) is 0 Å². The van der Waals surface area contributed by atoms with Crippen molar-refractivity contribution in [2.24, 2.45) is 0 Å². The van der Waals surface area contributed by atoms with Crippen LogP contribution in [0, 0.1) is 12.7 Å². The second-order valence-corrected chi connectivity index (χ2v) is 8.10. The molecule has 7 nitrogen and oxygen atoms in total. The van der Waals surface area contributed by atoms with E-state index in [0.717, 1.165) is 27.8 Å². The zero-order valence-corrected chi connectivity index (χ0v) is 18.7. The van der Waals surface area contributed by atoms with Crippen molar-refractivity contribution in [2.75, 3.05) is 13.7 Å². The number of aromatic nitrogens is 4. The number of nitrogens with one attached hydrogen (secondary N) is 1. The Morgan fingerprint density at radius 2 is 2.09 bits per heavy atom. The number of aromatic amines is 1. The molecule has 3 heterocycles. The van der Waals surface area contributed by atoms with Gasteiger partial charge < -0.3 is 19.9 Å². The van der Waals surface area contributed by atoms with Gasteiger partial charge in [-0.05, 0) is 30.7 Å². The van der Waals surface area contributed by atoms with Crippen LogP contribution in [0.25, 0.3) is 22.2 Å². The third-order valence-electron chi connectivity index (χ3n) is 5.78. The van der Waals surface area contributed by atoms with Crippen molar-refractivity contribution >= 4 is 22.6 Å². The Balaban J connectivity index is 1.78. The molecule has 9 heteroatoms. The largest absolute Gasteiger partial charge is 0.496 e. The number of ether oxygens (including phenoxy) is 1. The van der Waals surface area contributed by atoms with E-state index in [9.17, 15) is 9.50 Å². The summed E-state index contributed by atoms with van der Waals surface area (Å²) in [5, 5.41) is 24.1. The third kappa shape index (κ3) is 3.85. The number of rotatable bonds is 7. The quantitative estimate of drug-likeness (QED) is 0.388. The van der Waals surface area contributed by atoms with Crippen LogP contribution in [0.1, 0.15) is 29.7 Å². The van der Waals surface area contributed by atoms with E-state index in [1.807, 2.05) is 26.1 Å². The smallest absolute Gasteiger partial charge is 0.142 e. The van der Waals surface area contributed by atoms with Gasteiger partial charge in [0.1, 0.15) is 17.2 Å². The molecule has 0 aliphatic rings. The molecule has 3 N–H and O–H groups in total. The molecular formula is C23H24ClFN4O3. The molecule has 0 aliphatic carbocycles. The number of benzene rings is 1. The molecule has 0 saturated carbocycles. The van der Waals surface area contributed by atoms with E-state index in [2.05, 4.69) is 15.1 Å². The summed E-state index contributed by atoms with van der Waals surface area (Å²) >= 11 is 6.31. The molecule has 168 valence electrons. The van der Waals surface area contributed by atoms with Crippen LogP contribution < -0.4 is 4.74 Å². The highest BCUT2D eigenvalue weighted by Crippen LogP contribution is 2.41. The summed E-state index contributed by atoms with van der Waals surface area (Å²) in [5.74, 6) is -0.245. The van der Waals surface area contributed by atoms with E-state index in [1.54, 1.807) is 23.1 Å². The third-order valence-corrected chi connectivity index (χ3v) is 6.17. The van der Waals surface area contributed by atoms with Crippen LogP contribution in [0.3, 0.4) is 0 Å². The number of fused-ring (bicyclic) bond motifs is 1. The minimum atomic E-state index is -0.884. The van der Waals surface area contributed by atoms with Crippen LogP contribution in [-0.4, -0.2) is 49.8 Å². The van der Waals surface area contributed by atoms with Crippen molar-refractivity contribution in [3.05, 3.63) is 64.5 Å². The van der Waals surface area contributed by atoms with Crippen LogP contribution in [0.4, 0.5) is 4.39 Å². The van der Waals surface area contributed by atoms with Gasteiger partial charge >= 0.3 is 0 Å². The van der Waals surface area contributed by atoms with E-state index in [0.29, 0.717) is 17.0 Å². The molecule has 4 aromatic rings. The SMILES string of the molecule is COc1ccc(F)c(Cl)c1[C@@H](C)c1c[nH]c2ncc(-c3cnn(C[C@H](O)CO)c3C)cc12. The van der Waals surface area contributed by atoms with Crippen LogP contribution >= 0.6 is 11.6 Å². The molecule has 0 saturated heterocycles. The summed E-state index contributed by atoms with van der Waals surface area (Å²) in [6, 6.07) is 4.87. The molecular weight excluding hydrogens is 435 g/mol. The Bertz CT molecular complexity index is 1270. The molecule has 2 atom stereocenters. The van der Waals surface area contributed by atoms with Crippen molar-refractivity contribution in [2.45, 2.75) is 32.4 Å². The molecule has 32 heavy (non-hydrogen) atoms. The summed E-state index contributed by atoms with van der Waals surface area (Å²) in [4.78, 5) is 7.72. The van der Waals surface area contributed by atoms with E-state index in [-0.39, 0.29) is 24.1 Å². The maximum atomic E-state index is 14.2. The first-order chi connectivity index (χ1) is 15.3. The van der Waals surface area contributed by atoms with Gasteiger partial charge in [-0.25, -0.2) is 9.37 Å². The Labute approximate surface area is 189 Å². The summed E-state index contributed by atoms with van der Waals surface area (Å²) in [6.45, 7) is 3.70. The maximum absolute atomic E-state index is 14.2. The molecule has 0 bridgehead atoms. The normalized spacial score (nSPS) is 13.5. The fraction of sp³-hybridized carbons (Fsp3) is 0.304. The van der Waals surface area contributed by atoms with E-state index >= 15 is 0 Å². The van der Waals surface area contributed by atoms with Crippen molar-refractivity contribution in [1.82, 2.24) is 19.7 Å². The lowest BCUT2D eigenvalue weighted by molar-refractivity contribution is 0.0777. The first-order valence-electron chi connectivity index (χ1n) is 10.2. The molecule has 4 rings (SSSR count). The minimum Gasteiger partial charge on any atom is -0.496 e. The molecule has 0 amide bonds. The average molecular weight is 459 g/mol. The Morgan fingerprint density at radius 3 is 2.81 bits per heavy atom. The first kappa shape index (κ1) is 22.3. The van der Waals surface area contributed by atoms with E-state index < -0.39 is 11.9 Å². The van der Waals surface area contributed by atoms with Crippen molar-refractivity contribution in [3.8, 4) is 16.9 Å². The lowest BCUT2D eigenvalue weighted by Crippen LogP contribution is -2.21. The number of methoxy groups -OCH3 is 1. The zero-order valence-electron chi connectivity index (χ0n) is 17.9. The van der Waals surface area contributed by atoms with Crippen molar-refractivity contribution in [1.29, 1.82) is 0 Å². The standard InChI is InChI=1S/C23H24ClFN4O3/c1-12(21-20(32-3)5-4-19(25)22(21)24)17-8-27-23-16(17)6-14(7-26-23)18-9-28-29(13(18)2)10-15(31)11-30/h4-9,12,15,30-31H,10-11H2,1-3H3,(H,26,27)/t12-,15-/m0/s1. The van der Waals surface area contributed by atoms with Crippen LogP contribution in [0.5, 0.6) is 5.75 Å². The number of halogens is 2. The van der Waals surface area contributed by atoms with Crippen LogP contribution in [0.2, 0.25) is 5.02 Å². The second-order valence-electron chi connectivity index (χ2n) is 7.73. The van der Waals surface area contributed by atoms with Gasteiger partial charge in [0.15, 0.2) is 0 Å². The highest BCUT2D eigenvalue weighted by molar-refractivity contribution is 6.31. The second kappa shape index (κ2) is 8.90. The van der Waals surface area contributed by atoms with E-state index in [4.69, 9.17) is 21.4 Å². The molecule has 3 aromatic heterocycles. The topological polar surface area (TPSA) is 96.2 Å². The summed E-state index contributed by atoms with van der Waals surface area (Å²) in [5.41, 5.74) is 4.74. The molecule has 0 spiro atoms. The fourth-order valence-electron chi connectivity index (χ4n) is 3.99. The number of pyridine rings is 1. The minimum absolute atomic E-state index is 0.0369. The fourth-order valence-corrected chi connectivity index (χ4v) is 4.31. The van der Waals surface area contributed by atoms with Crippen LogP contribution in [-0.2, 0) is 6.54 Å². The number of hydrogen-bond donors (Lipinski definition) is 3. The lowest BCUT2D eigenvalue weighted by Gasteiger charge is -2.17. The molecule has 1 aromatic carbocycles. The van der Waals surface area contributed by atoms with Gasteiger partial charge in [-0.1, -0.05) is 18.5 Å². The molecule has 0 unspecified atom stereocenters. The highest BCUT2D eigenvalue weighted by Gasteiger charge is 2.23. The summed E-state index contributed by atoms with van der Waals surface area (Å²) < 4.78 is 21.3. The van der Waals surface area contributed by atoms with Gasteiger partial charge in [0.2, 0.25) is 0 Å². The van der Waals surface area contributed by atoms with Gasteiger partial charge in [0.25, 0.3) is 0 Å². The van der Waals surface area contributed by atoms with E-state index in [1.165, 1.54) is 13.2 Å². The first-order valence-corrected chi connectivity index (χ1v) is 10.5. The lowest BCUT2D eigenvalue weighted by atomic mass is 9.91. The number of aliphatic hydroxyl groups excluding tert-OH is 2. The van der Waals surface area contributed by atoms with Crippen LogP contribution in [0.15, 0.2) is 36.8 Å². The highest BCUT2D eigenvalue weighted by atomic mass is 35.5. The number of H-pyrrole nitrogens is 1. The number of hydrogen-bond acceptors (Lipinski definition) is 5. The zero-order chi connectivity index (χ0) is 23.0. The summed E-state index contributed by atoms with van der Waals surface area (Å²) in [6.07, 6.45) is 4.43. The summed E-state index contributed by atoms with van der Waals surface area (Å²) in [7, 11) is 1.53. The predicted molar refractivity (Wildman–Crippen MR) is 121 cm³/mol. The van der Waals surface area contributed by atoms with Crippen molar-refractivity contribution < 1.29 is 19.3 Å². The Hall–Kier alpha value is -2.94. The van der Waals surface area contributed by atoms with Gasteiger partial charge in [0.05, 0.1) is 37.6 Å². The van der Waals surface area contributed by atoms with Gasteiger partial charge in [-0.3, -0.25) is 4.68 Å². The Morgan fingerprint density at radius 1 is 1.31 bits per heavy atom. The monoisotopic (exact) mass is 458 g/mol. The van der Waals surface area contributed by atoms with Gasteiger partial charge in [0, 0.05) is 46.1 Å². The molecule has 0 radical (unpaired) electrons. The molecule has 0 fully saturated rings. The van der Waals surface area contributed by atoms with Gasteiger partial charge in [-0.2, -0.15) is 5.10 Å².